The lowest BCUT2D eigenvalue weighted by molar-refractivity contribution is -0.142. The quantitative estimate of drug-likeness (QED) is 0.709. The third kappa shape index (κ3) is 2.60. The van der Waals surface area contributed by atoms with E-state index in [1.807, 2.05) is 6.92 Å². The van der Waals surface area contributed by atoms with Crippen LogP contribution in [-0.2, 0) is 14.3 Å². The number of hydrogen-bond acceptors (Lipinski definition) is 3. The monoisotopic (exact) mass is 240 g/mol. The summed E-state index contributed by atoms with van der Waals surface area (Å²) in [6.45, 7) is 5.57. The number of carbonyl (C=O) groups is 2. The lowest BCUT2D eigenvalue weighted by atomic mass is 10.0. The first-order chi connectivity index (χ1) is 8.09. The molecule has 0 aromatic heterocycles. The molecule has 2 saturated heterocycles. The largest absolute Gasteiger partial charge is 0.378 e. The normalized spacial score (nSPS) is 34.4. The number of nitrogens with one attached hydrogen (secondary N) is 1. The maximum atomic E-state index is 12.3. The minimum Gasteiger partial charge on any atom is -0.378 e. The van der Waals surface area contributed by atoms with Crippen molar-refractivity contribution in [2.24, 2.45) is 5.92 Å². The average molecular weight is 240 g/mol. The van der Waals surface area contributed by atoms with Gasteiger partial charge in [0.2, 0.25) is 11.8 Å². The molecule has 5 heteroatoms. The van der Waals surface area contributed by atoms with Gasteiger partial charge in [-0.25, -0.2) is 0 Å². The molecule has 2 fully saturated rings. The van der Waals surface area contributed by atoms with Crippen molar-refractivity contribution in [1.29, 1.82) is 0 Å². The predicted octanol–water partition coefficient (Wildman–Crippen LogP) is 0.148. The molecular weight excluding hydrogens is 220 g/mol. The molecule has 2 aliphatic heterocycles. The van der Waals surface area contributed by atoms with Gasteiger partial charge in [-0.3, -0.25) is 9.59 Å². The zero-order chi connectivity index (χ0) is 12.4. The minimum absolute atomic E-state index is 0.0530. The topological polar surface area (TPSA) is 58.6 Å². The third-order valence-corrected chi connectivity index (χ3v) is 3.55. The zero-order valence-corrected chi connectivity index (χ0v) is 10.4. The second kappa shape index (κ2) is 5.04. The van der Waals surface area contributed by atoms with Crippen molar-refractivity contribution in [3.63, 3.8) is 0 Å². The van der Waals surface area contributed by atoms with E-state index < -0.39 is 0 Å². The first-order valence-corrected chi connectivity index (χ1v) is 6.29. The molecule has 0 radical (unpaired) electrons. The molecule has 0 spiro atoms. The molecule has 3 unspecified atom stereocenters. The van der Waals surface area contributed by atoms with Crippen LogP contribution in [0.2, 0.25) is 0 Å². The summed E-state index contributed by atoms with van der Waals surface area (Å²) in [5.74, 6) is -0.0555. The lowest BCUT2D eigenvalue weighted by Crippen LogP contribution is -2.47. The summed E-state index contributed by atoms with van der Waals surface area (Å²) < 4.78 is 5.42. The molecule has 2 amide bonds. The van der Waals surface area contributed by atoms with Gasteiger partial charge in [0, 0.05) is 13.1 Å². The summed E-state index contributed by atoms with van der Waals surface area (Å²) in [4.78, 5) is 25.7. The van der Waals surface area contributed by atoms with Gasteiger partial charge in [0.1, 0.15) is 6.04 Å². The van der Waals surface area contributed by atoms with Crippen LogP contribution in [0.4, 0.5) is 0 Å². The number of carbonyl (C=O) groups excluding carboxylic acids is 2. The van der Waals surface area contributed by atoms with Crippen LogP contribution in [0.15, 0.2) is 0 Å². The molecular formula is C12H20N2O3. The van der Waals surface area contributed by atoms with Gasteiger partial charge < -0.3 is 15.0 Å². The average Bonchev–Trinajstić information content (AvgIpc) is 2.67. The Labute approximate surface area is 101 Å². The van der Waals surface area contributed by atoms with Crippen LogP contribution in [0.1, 0.15) is 26.7 Å². The fourth-order valence-corrected chi connectivity index (χ4v) is 2.47. The van der Waals surface area contributed by atoms with Gasteiger partial charge in [0.05, 0.1) is 18.6 Å². The van der Waals surface area contributed by atoms with Crippen LogP contribution >= 0.6 is 0 Å². The molecule has 3 atom stereocenters. The Hall–Kier alpha value is -1.10. The van der Waals surface area contributed by atoms with Crippen LogP contribution in [0.3, 0.4) is 0 Å². The van der Waals surface area contributed by atoms with Crippen molar-refractivity contribution in [2.45, 2.75) is 38.8 Å². The number of hydrogen-bond donors (Lipinski definition) is 1. The Morgan fingerprint density at radius 3 is 2.88 bits per heavy atom. The number of nitrogens with zero attached hydrogens (tertiary/aromatic N) is 1. The van der Waals surface area contributed by atoms with E-state index in [2.05, 4.69) is 5.32 Å². The van der Waals surface area contributed by atoms with Gasteiger partial charge in [-0.2, -0.15) is 0 Å². The van der Waals surface area contributed by atoms with Gasteiger partial charge in [-0.05, 0) is 26.7 Å². The number of rotatable bonds is 1. The standard InChI is InChI=1S/C12H20N2O3/c1-8-6-10(7-17-8)12(16)14-5-3-4-13-11(15)9(14)2/h8-10H,3-7H2,1-2H3,(H,13,15). The Morgan fingerprint density at radius 2 is 2.24 bits per heavy atom. The molecule has 0 aliphatic carbocycles. The maximum Gasteiger partial charge on any atom is 0.242 e. The molecule has 1 N–H and O–H groups in total. The first-order valence-electron chi connectivity index (χ1n) is 6.29. The van der Waals surface area contributed by atoms with E-state index in [0.717, 1.165) is 12.8 Å². The van der Waals surface area contributed by atoms with Crippen molar-refractivity contribution < 1.29 is 14.3 Å². The highest BCUT2D eigenvalue weighted by molar-refractivity contribution is 5.88. The zero-order valence-electron chi connectivity index (χ0n) is 10.4. The van der Waals surface area contributed by atoms with Crippen molar-refractivity contribution in [2.75, 3.05) is 19.7 Å². The fraction of sp³-hybridized carbons (Fsp3) is 0.833. The van der Waals surface area contributed by atoms with E-state index in [4.69, 9.17) is 4.74 Å². The number of amides is 2. The Kier molecular flexibility index (Phi) is 3.66. The van der Waals surface area contributed by atoms with Crippen LogP contribution in [0.25, 0.3) is 0 Å². The van der Waals surface area contributed by atoms with Gasteiger partial charge >= 0.3 is 0 Å². The Balaban J connectivity index is 2.04. The molecule has 0 bridgehead atoms. The van der Waals surface area contributed by atoms with Crippen molar-refractivity contribution in [1.82, 2.24) is 10.2 Å². The van der Waals surface area contributed by atoms with Gasteiger partial charge in [0.15, 0.2) is 0 Å². The third-order valence-electron chi connectivity index (χ3n) is 3.55. The molecule has 96 valence electrons. The molecule has 17 heavy (non-hydrogen) atoms. The highest BCUT2D eigenvalue weighted by Gasteiger charge is 2.35. The van der Waals surface area contributed by atoms with E-state index in [9.17, 15) is 9.59 Å². The molecule has 2 heterocycles. The van der Waals surface area contributed by atoms with E-state index >= 15 is 0 Å². The van der Waals surface area contributed by atoms with Crippen molar-refractivity contribution in [3.05, 3.63) is 0 Å². The molecule has 0 aromatic rings. The SMILES string of the molecule is CC1CC(C(=O)N2CCCNC(=O)C2C)CO1. The van der Waals surface area contributed by atoms with E-state index in [-0.39, 0.29) is 29.9 Å². The van der Waals surface area contributed by atoms with Crippen LogP contribution in [0.5, 0.6) is 0 Å². The highest BCUT2D eigenvalue weighted by Crippen LogP contribution is 2.22. The fourth-order valence-electron chi connectivity index (χ4n) is 2.47. The predicted molar refractivity (Wildman–Crippen MR) is 62.3 cm³/mol. The Bertz CT molecular complexity index is 319. The smallest absolute Gasteiger partial charge is 0.242 e. The lowest BCUT2D eigenvalue weighted by Gasteiger charge is -2.27. The van der Waals surface area contributed by atoms with Crippen molar-refractivity contribution in [3.8, 4) is 0 Å². The molecule has 2 aliphatic rings. The maximum absolute atomic E-state index is 12.3. The molecule has 0 saturated carbocycles. The molecule has 0 aromatic carbocycles. The van der Waals surface area contributed by atoms with Gasteiger partial charge in [-0.1, -0.05) is 0 Å². The highest BCUT2D eigenvalue weighted by atomic mass is 16.5. The summed E-state index contributed by atoms with van der Waals surface area (Å²) in [6.07, 6.45) is 1.74. The van der Waals surface area contributed by atoms with Crippen LogP contribution in [0, 0.1) is 5.92 Å². The van der Waals surface area contributed by atoms with Gasteiger partial charge in [0.25, 0.3) is 0 Å². The number of ether oxygens (including phenoxy) is 1. The van der Waals surface area contributed by atoms with Crippen LogP contribution < -0.4 is 5.32 Å². The summed E-state index contributed by atoms with van der Waals surface area (Å²) in [5.41, 5.74) is 0. The van der Waals surface area contributed by atoms with Crippen molar-refractivity contribution >= 4 is 11.8 Å². The summed E-state index contributed by atoms with van der Waals surface area (Å²) in [7, 11) is 0. The minimum atomic E-state index is -0.360. The van der Waals surface area contributed by atoms with Gasteiger partial charge in [-0.15, -0.1) is 0 Å². The van der Waals surface area contributed by atoms with E-state index in [0.29, 0.717) is 19.7 Å². The second-order valence-corrected chi connectivity index (χ2v) is 4.93. The summed E-state index contributed by atoms with van der Waals surface area (Å²) in [5, 5.41) is 2.81. The first kappa shape index (κ1) is 12.4. The second-order valence-electron chi connectivity index (χ2n) is 4.93. The molecule has 2 rings (SSSR count). The van der Waals surface area contributed by atoms with E-state index in [1.165, 1.54) is 0 Å². The molecule has 5 nitrogen and oxygen atoms in total. The Morgan fingerprint density at radius 1 is 1.47 bits per heavy atom. The summed E-state index contributed by atoms with van der Waals surface area (Å²) >= 11 is 0. The van der Waals surface area contributed by atoms with Crippen LogP contribution in [-0.4, -0.2) is 48.6 Å². The van der Waals surface area contributed by atoms with E-state index in [1.54, 1.807) is 11.8 Å². The summed E-state index contributed by atoms with van der Waals surface area (Å²) in [6, 6.07) is -0.360.